The average Bonchev–Trinajstić information content (AvgIpc) is 3.35. The number of aromatic hydroxyl groups is 1. The fraction of sp³-hybridized carbons (Fsp3) is 0.167. The van der Waals surface area contributed by atoms with Gasteiger partial charge in [0.1, 0.15) is 5.82 Å². The number of nitrogens with zero attached hydrogens (tertiary/aromatic N) is 2. The standard InChI is InChI=1S/C23H20FN3O4.CH2O2/c1-13(2)12-30-23(29)19-20(28)18(10-14-11-26-21-17(14)4-3-9-25-21)31-22(19)27-16-7-5-15(24)6-8-16;2-1-3/h3-11,13,27-28H,12H2,1-2H3;1H,(H,2,3). The lowest BCUT2D eigenvalue weighted by Gasteiger charge is -2.08. The van der Waals surface area contributed by atoms with Crippen molar-refractivity contribution in [2.45, 2.75) is 13.8 Å². The molecular formula is C24H22FN3O6. The van der Waals surface area contributed by atoms with E-state index in [1.165, 1.54) is 24.3 Å². The number of halogens is 1. The van der Waals surface area contributed by atoms with Crippen LogP contribution in [0, 0.1) is 11.7 Å². The van der Waals surface area contributed by atoms with E-state index in [-0.39, 0.29) is 42.0 Å². The molecule has 3 heterocycles. The number of hydrogen-bond acceptors (Lipinski definition) is 8. The third kappa shape index (κ3) is 5.66. The number of fused-ring (bicyclic) bond motifs is 1. The molecule has 0 atom stereocenters. The van der Waals surface area contributed by atoms with Crippen molar-refractivity contribution in [1.82, 2.24) is 4.98 Å². The Morgan fingerprint density at radius 3 is 2.65 bits per heavy atom. The van der Waals surface area contributed by atoms with Crippen molar-refractivity contribution < 1.29 is 33.3 Å². The lowest BCUT2D eigenvalue weighted by atomic mass is 10.1. The zero-order valence-corrected chi connectivity index (χ0v) is 18.4. The molecule has 1 aliphatic rings. The van der Waals surface area contributed by atoms with Crippen molar-refractivity contribution in [2.75, 3.05) is 11.9 Å². The molecule has 0 saturated heterocycles. The first-order chi connectivity index (χ1) is 16.3. The number of esters is 1. The number of hydrogen-bond donors (Lipinski definition) is 3. The number of benzene rings is 1. The summed E-state index contributed by atoms with van der Waals surface area (Å²) in [6.45, 7) is 3.74. The first kappa shape index (κ1) is 24.2. The Hall–Kier alpha value is -4.47. The third-order valence-corrected chi connectivity index (χ3v) is 4.47. The van der Waals surface area contributed by atoms with Crippen LogP contribution in [-0.2, 0) is 9.53 Å². The lowest BCUT2D eigenvalue weighted by Crippen LogP contribution is -2.11. The van der Waals surface area contributed by atoms with Crippen LogP contribution in [0.4, 0.5) is 21.8 Å². The Bertz CT molecular complexity index is 1230. The number of carbonyl (C=O) groups is 2. The van der Waals surface area contributed by atoms with Crippen LogP contribution in [0.15, 0.2) is 52.0 Å². The Kier molecular flexibility index (Phi) is 7.75. The summed E-state index contributed by atoms with van der Waals surface area (Å²) in [5.74, 6) is -0.774. The second-order valence-corrected chi connectivity index (χ2v) is 7.48. The number of rotatable bonds is 6. The van der Waals surface area contributed by atoms with Gasteiger partial charge in [0.05, 0.1) is 6.61 Å². The van der Waals surface area contributed by atoms with Crippen LogP contribution in [0.25, 0.3) is 11.6 Å². The fourth-order valence-electron chi connectivity index (χ4n) is 2.98. The Morgan fingerprint density at radius 2 is 1.97 bits per heavy atom. The van der Waals surface area contributed by atoms with Gasteiger partial charge >= 0.3 is 5.97 Å². The molecule has 0 fully saturated rings. The molecule has 0 unspecified atom stereocenters. The van der Waals surface area contributed by atoms with E-state index in [1.54, 1.807) is 24.6 Å². The van der Waals surface area contributed by atoms with Crippen molar-refractivity contribution in [1.29, 1.82) is 0 Å². The van der Waals surface area contributed by atoms with Gasteiger partial charge in [0.15, 0.2) is 22.9 Å². The highest BCUT2D eigenvalue weighted by Gasteiger charge is 2.27. The molecular weight excluding hydrogens is 445 g/mol. The summed E-state index contributed by atoms with van der Waals surface area (Å²) in [7, 11) is 0. The van der Waals surface area contributed by atoms with E-state index < -0.39 is 11.8 Å². The van der Waals surface area contributed by atoms with E-state index >= 15 is 0 Å². The molecule has 0 radical (unpaired) electrons. The number of aliphatic imine (C=N–C) groups is 1. The van der Waals surface area contributed by atoms with E-state index in [4.69, 9.17) is 19.1 Å². The van der Waals surface area contributed by atoms with E-state index in [0.717, 1.165) is 5.56 Å². The van der Waals surface area contributed by atoms with Crippen molar-refractivity contribution in [3.8, 4) is 5.75 Å². The monoisotopic (exact) mass is 467 g/mol. The van der Waals surface area contributed by atoms with E-state index in [9.17, 15) is 14.3 Å². The van der Waals surface area contributed by atoms with Gasteiger partial charge in [-0.05, 0) is 48.4 Å². The number of carbonyl (C=O) groups excluding carboxylic acids is 1. The molecule has 176 valence electrons. The van der Waals surface area contributed by atoms with Gasteiger partial charge in [-0.2, -0.15) is 0 Å². The van der Waals surface area contributed by atoms with Crippen LogP contribution in [-0.4, -0.2) is 40.5 Å². The Labute approximate surface area is 194 Å². The van der Waals surface area contributed by atoms with Crippen molar-refractivity contribution in [3.63, 3.8) is 0 Å². The molecule has 1 aromatic carbocycles. The summed E-state index contributed by atoms with van der Waals surface area (Å²) in [6.07, 6.45) is 4.81. The highest BCUT2D eigenvalue weighted by Crippen LogP contribution is 2.39. The molecule has 1 aliphatic heterocycles. The first-order valence-corrected chi connectivity index (χ1v) is 10.2. The molecule has 3 aromatic rings. The zero-order valence-electron chi connectivity index (χ0n) is 18.4. The van der Waals surface area contributed by atoms with Gasteiger partial charge in [-0.15, -0.1) is 0 Å². The number of aromatic nitrogens is 1. The van der Waals surface area contributed by atoms with Gasteiger partial charge in [-0.25, -0.2) is 19.2 Å². The Morgan fingerprint density at radius 1 is 1.26 bits per heavy atom. The quantitative estimate of drug-likeness (QED) is 0.339. The van der Waals surface area contributed by atoms with Crippen LogP contribution in [0.2, 0.25) is 0 Å². The maximum atomic E-state index is 13.2. The number of allylic oxidation sites excluding steroid dienone is 1. The minimum atomic E-state index is -0.730. The minimum absolute atomic E-state index is 0.00828. The number of pyridine rings is 1. The van der Waals surface area contributed by atoms with Crippen LogP contribution in [0.3, 0.4) is 0 Å². The summed E-state index contributed by atoms with van der Waals surface area (Å²) < 4.78 is 24.3. The molecule has 4 rings (SSSR count). The molecule has 0 aliphatic carbocycles. The number of anilines is 2. The highest BCUT2D eigenvalue weighted by molar-refractivity contribution is 6.21. The van der Waals surface area contributed by atoms with E-state index in [1.807, 2.05) is 19.9 Å². The smallest absolute Gasteiger partial charge is 0.347 e. The predicted molar refractivity (Wildman–Crippen MR) is 124 cm³/mol. The summed E-state index contributed by atoms with van der Waals surface area (Å²) >= 11 is 0. The third-order valence-electron chi connectivity index (χ3n) is 4.47. The maximum absolute atomic E-state index is 13.2. The maximum Gasteiger partial charge on any atom is 0.347 e. The van der Waals surface area contributed by atoms with Crippen molar-refractivity contribution in [2.24, 2.45) is 10.9 Å². The van der Waals surface area contributed by atoms with Crippen LogP contribution in [0.1, 0.15) is 35.5 Å². The van der Waals surface area contributed by atoms with Gasteiger partial charge in [-0.1, -0.05) is 13.8 Å². The second kappa shape index (κ2) is 10.9. The van der Waals surface area contributed by atoms with Gasteiger partial charge in [-0.3, -0.25) is 4.79 Å². The molecule has 0 saturated carbocycles. The largest absolute Gasteiger partial charge is 0.504 e. The summed E-state index contributed by atoms with van der Waals surface area (Å²) in [5.41, 5.74) is 1.78. The number of furan rings is 1. The molecule has 0 bridgehead atoms. The normalized spacial score (nSPS) is 12.8. The van der Waals surface area contributed by atoms with Crippen LogP contribution >= 0.6 is 0 Å². The second-order valence-electron chi connectivity index (χ2n) is 7.48. The molecule has 34 heavy (non-hydrogen) atoms. The predicted octanol–water partition coefficient (Wildman–Crippen LogP) is 5.03. The minimum Gasteiger partial charge on any atom is -0.504 e. The van der Waals surface area contributed by atoms with Gasteiger partial charge in [0.2, 0.25) is 5.88 Å². The van der Waals surface area contributed by atoms with E-state index in [0.29, 0.717) is 17.1 Å². The summed E-state index contributed by atoms with van der Waals surface area (Å²) in [5, 5.41) is 20.6. The van der Waals surface area contributed by atoms with Crippen molar-refractivity contribution in [3.05, 3.63) is 65.3 Å². The molecule has 0 amide bonds. The molecule has 3 N–H and O–H groups in total. The van der Waals surface area contributed by atoms with Crippen LogP contribution in [0.5, 0.6) is 5.75 Å². The number of carboxylic acid groups (broad SMARTS) is 1. The highest BCUT2D eigenvalue weighted by atomic mass is 19.1. The molecule has 9 nitrogen and oxygen atoms in total. The Balaban J connectivity index is 0.00000103. The van der Waals surface area contributed by atoms with Gasteiger partial charge < -0.3 is 24.7 Å². The lowest BCUT2D eigenvalue weighted by molar-refractivity contribution is -0.122. The van der Waals surface area contributed by atoms with Gasteiger partial charge in [0.25, 0.3) is 6.47 Å². The average molecular weight is 467 g/mol. The zero-order chi connectivity index (χ0) is 24.7. The summed E-state index contributed by atoms with van der Waals surface area (Å²) in [4.78, 5) is 29.5. The number of nitrogens with one attached hydrogen (secondary N) is 1. The fourth-order valence-corrected chi connectivity index (χ4v) is 2.98. The number of ether oxygens (including phenoxy) is 1. The van der Waals surface area contributed by atoms with Crippen molar-refractivity contribution >= 4 is 47.7 Å². The molecule has 2 aromatic heterocycles. The topological polar surface area (TPSA) is 134 Å². The summed E-state index contributed by atoms with van der Waals surface area (Å²) in [6, 6.07) is 9.13. The van der Waals surface area contributed by atoms with Crippen LogP contribution < -0.4 is 5.32 Å². The molecule has 0 spiro atoms. The van der Waals surface area contributed by atoms with Gasteiger partial charge in [0, 0.05) is 29.2 Å². The SMILES string of the molecule is CC(C)COC(=O)c1c(Nc2ccc(F)cc2)oc(C=C2C=Nc3ncccc32)c1O.O=CO. The molecule has 10 heteroatoms. The van der Waals surface area contributed by atoms with E-state index in [2.05, 4.69) is 15.3 Å². The first-order valence-electron chi connectivity index (χ1n) is 10.2.